The number of carbonyl (C=O) groups excluding carboxylic acids is 1. The lowest BCUT2D eigenvalue weighted by Crippen LogP contribution is -2.14. The molecule has 0 fully saturated rings. The molecule has 9 heteroatoms. The van der Waals surface area contributed by atoms with E-state index in [4.69, 9.17) is 5.73 Å². The monoisotopic (exact) mass is 354 g/mol. The number of benzene rings is 1. The fraction of sp³-hybridized carbons (Fsp3) is 0.357. The summed E-state index contributed by atoms with van der Waals surface area (Å²) in [6.07, 6.45) is 0. The van der Waals surface area contributed by atoms with E-state index in [1.54, 1.807) is 28.8 Å². The number of carbonyl (C=O) groups is 1. The normalized spacial score (nSPS) is 11.6. The number of nitrogens with zero attached hydrogens (tertiary/aromatic N) is 3. The molecule has 0 bridgehead atoms. The largest absolute Gasteiger partial charge is 0.369 e. The molecule has 0 saturated heterocycles. The molecule has 0 atom stereocenters. The number of primary amides is 1. The summed E-state index contributed by atoms with van der Waals surface area (Å²) < 4.78 is 26.7. The molecule has 0 aliphatic rings. The smallest absolute Gasteiger partial charge is 0.227 e. The van der Waals surface area contributed by atoms with Gasteiger partial charge in [-0.1, -0.05) is 29.5 Å². The van der Waals surface area contributed by atoms with Crippen molar-refractivity contribution in [1.82, 2.24) is 14.8 Å². The van der Waals surface area contributed by atoms with E-state index in [0.29, 0.717) is 17.5 Å². The van der Waals surface area contributed by atoms with Crippen molar-refractivity contribution in [3.63, 3.8) is 0 Å². The predicted molar refractivity (Wildman–Crippen MR) is 87.7 cm³/mol. The molecule has 0 spiro atoms. The van der Waals surface area contributed by atoms with Gasteiger partial charge < -0.3 is 10.3 Å². The molecule has 0 saturated carbocycles. The number of hydrogen-bond donors (Lipinski definition) is 1. The van der Waals surface area contributed by atoms with Crippen LogP contribution in [0.1, 0.15) is 18.3 Å². The number of hydrogen-bond acceptors (Lipinski definition) is 6. The Morgan fingerprint density at radius 3 is 2.48 bits per heavy atom. The van der Waals surface area contributed by atoms with Gasteiger partial charge in [-0.2, -0.15) is 0 Å². The number of aryl methyl sites for hydroxylation is 1. The van der Waals surface area contributed by atoms with Crippen molar-refractivity contribution in [2.45, 2.75) is 36.2 Å². The highest BCUT2D eigenvalue weighted by molar-refractivity contribution is 7.99. The Bertz CT molecular complexity index is 798. The van der Waals surface area contributed by atoms with Crippen LogP contribution < -0.4 is 5.73 Å². The minimum atomic E-state index is -3.50. The molecule has 0 unspecified atom stereocenters. The maximum absolute atomic E-state index is 12.5. The lowest BCUT2D eigenvalue weighted by molar-refractivity contribution is -0.115. The van der Waals surface area contributed by atoms with E-state index >= 15 is 0 Å². The maximum atomic E-state index is 12.5. The molecule has 1 amide bonds. The van der Waals surface area contributed by atoms with E-state index in [2.05, 4.69) is 10.2 Å². The number of rotatable bonds is 7. The van der Waals surface area contributed by atoms with Crippen molar-refractivity contribution in [2.24, 2.45) is 5.73 Å². The van der Waals surface area contributed by atoms with Crippen molar-refractivity contribution in [3.8, 4) is 0 Å². The average molecular weight is 354 g/mol. The van der Waals surface area contributed by atoms with Crippen molar-refractivity contribution < 1.29 is 13.2 Å². The van der Waals surface area contributed by atoms with Crippen LogP contribution in [-0.2, 0) is 26.9 Å². The lowest BCUT2D eigenvalue weighted by Gasteiger charge is -2.08. The molecule has 1 aromatic carbocycles. The summed E-state index contributed by atoms with van der Waals surface area (Å²) in [6.45, 7) is 4.26. The third-order valence-electron chi connectivity index (χ3n) is 3.15. The van der Waals surface area contributed by atoms with Crippen molar-refractivity contribution in [1.29, 1.82) is 0 Å². The number of aromatic nitrogens is 3. The Labute approximate surface area is 139 Å². The van der Waals surface area contributed by atoms with Crippen LogP contribution in [0.25, 0.3) is 0 Å². The Hall–Kier alpha value is -1.87. The van der Waals surface area contributed by atoms with Gasteiger partial charge in [0.15, 0.2) is 15.0 Å². The second kappa shape index (κ2) is 7.14. The molecule has 2 N–H and O–H groups in total. The van der Waals surface area contributed by atoms with Gasteiger partial charge in [0.2, 0.25) is 5.91 Å². The molecule has 2 aromatic rings. The first-order valence-electron chi connectivity index (χ1n) is 6.96. The quantitative estimate of drug-likeness (QED) is 0.748. The zero-order valence-electron chi connectivity index (χ0n) is 12.9. The fourth-order valence-corrected chi connectivity index (χ4v) is 4.02. The molecular weight excluding hydrogens is 336 g/mol. The van der Waals surface area contributed by atoms with Gasteiger partial charge in [0.25, 0.3) is 0 Å². The Kier molecular flexibility index (Phi) is 5.42. The highest BCUT2D eigenvalue weighted by atomic mass is 32.2. The highest BCUT2D eigenvalue weighted by Gasteiger charge is 2.21. The zero-order chi connectivity index (χ0) is 17.0. The number of sulfone groups is 1. The number of nitrogens with two attached hydrogens (primary N) is 1. The van der Waals surface area contributed by atoms with E-state index in [1.807, 2.05) is 13.8 Å². The third-order valence-corrected chi connectivity index (χ3v) is 5.77. The summed E-state index contributed by atoms with van der Waals surface area (Å²) in [5.41, 5.74) is 6.11. The molecule has 23 heavy (non-hydrogen) atoms. The molecule has 0 aliphatic heterocycles. The maximum Gasteiger partial charge on any atom is 0.227 e. The van der Waals surface area contributed by atoms with Gasteiger partial charge in [0, 0.05) is 6.54 Å². The average Bonchev–Trinajstić information content (AvgIpc) is 2.86. The van der Waals surface area contributed by atoms with Gasteiger partial charge in [-0.3, -0.25) is 4.79 Å². The van der Waals surface area contributed by atoms with Crippen LogP contribution in [0.4, 0.5) is 0 Å². The predicted octanol–water partition coefficient (Wildman–Crippen LogP) is 1.16. The van der Waals surface area contributed by atoms with E-state index in [-0.39, 0.29) is 16.4 Å². The van der Waals surface area contributed by atoms with Crippen LogP contribution in [0.2, 0.25) is 0 Å². The Morgan fingerprint density at radius 1 is 1.26 bits per heavy atom. The van der Waals surface area contributed by atoms with E-state index in [0.717, 1.165) is 17.3 Å². The Balaban J connectivity index is 2.25. The first kappa shape index (κ1) is 17.5. The third kappa shape index (κ3) is 4.32. The molecule has 1 aromatic heterocycles. The molecular formula is C14H18N4O3S2. The first-order chi connectivity index (χ1) is 10.8. The van der Waals surface area contributed by atoms with E-state index in [1.165, 1.54) is 0 Å². The van der Waals surface area contributed by atoms with E-state index < -0.39 is 15.7 Å². The Morgan fingerprint density at radius 2 is 1.91 bits per heavy atom. The highest BCUT2D eigenvalue weighted by Crippen LogP contribution is 2.20. The second-order valence-electron chi connectivity index (χ2n) is 4.97. The molecule has 0 aliphatic carbocycles. The van der Waals surface area contributed by atoms with Crippen molar-refractivity contribution >= 4 is 27.5 Å². The van der Waals surface area contributed by atoms with Gasteiger partial charge in [-0.05, 0) is 26.0 Å². The SMILES string of the molecule is CCn1c(CS(=O)(=O)c2ccc(C)cc2)nnc1SCC(N)=O. The minimum absolute atomic E-state index is 0.0723. The van der Waals surface area contributed by atoms with Crippen LogP contribution in [-0.4, -0.2) is 34.8 Å². The summed E-state index contributed by atoms with van der Waals surface area (Å²) in [5, 5.41) is 8.40. The van der Waals surface area contributed by atoms with Crippen LogP contribution >= 0.6 is 11.8 Å². The molecule has 7 nitrogen and oxygen atoms in total. The van der Waals surface area contributed by atoms with Crippen LogP contribution in [0.5, 0.6) is 0 Å². The standard InChI is InChI=1S/C14H18N4O3S2/c1-3-18-13(16-17-14(18)22-8-12(15)19)9-23(20,21)11-6-4-10(2)5-7-11/h4-7H,3,8-9H2,1-2H3,(H2,15,19). The minimum Gasteiger partial charge on any atom is -0.369 e. The molecule has 124 valence electrons. The molecule has 0 radical (unpaired) electrons. The van der Waals surface area contributed by atoms with E-state index in [9.17, 15) is 13.2 Å². The van der Waals surface area contributed by atoms with Crippen molar-refractivity contribution in [3.05, 3.63) is 35.7 Å². The van der Waals surface area contributed by atoms with Gasteiger partial charge in [0.1, 0.15) is 11.6 Å². The number of amides is 1. The van der Waals surface area contributed by atoms with Crippen LogP contribution in [0.15, 0.2) is 34.3 Å². The van der Waals surface area contributed by atoms with Gasteiger partial charge in [0.05, 0.1) is 10.6 Å². The summed E-state index contributed by atoms with van der Waals surface area (Å²) in [6, 6.07) is 6.68. The summed E-state index contributed by atoms with van der Waals surface area (Å²) >= 11 is 1.14. The summed E-state index contributed by atoms with van der Waals surface area (Å²) in [5.74, 6) is -0.286. The zero-order valence-corrected chi connectivity index (χ0v) is 14.5. The second-order valence-corrected chi connectivity index (χ2v) is 7.90. The van der Waals surface area contributed by atoms with Gasteiger partial charge in [-0.15, -0.1) is 10.2 Å². The van der Waals surface area contributed by atoms with Gasteiger partial charge in [-0.25, -0.2) is 8.42 Å². The van der Waals surface area contributed by atoms with Gasteiger partial charge >= 0.3 is 0 Å². The summed E-state index contributed by atoms with van der Waals surface area (Å²) in [7, 11) is -3.50. The lowest BCUT2D eigenvalue weighted by atomic mass is 10.2. The van der Waals surface area contributed by atoms with Crippen LogP contribution in [0, 0.1) is 6.92 Å². The molecule has 2 rings (SSSR count). The fourth-order valence-electron chi connectivity index (χ4n) is 1.98. The first-order valence-corrected chi connectivity index (χ1v) is 9.60. The topological polar surface area (TPSA) is 108 Å². The number of thioether (sulfide) groups is 1. The van der Waals surface area contributed by atoms with Crippen LogP contribution in [0.3, 0.4) is 0 Å². The van der Waals surface area contributed by atoms with Crippen molar-refractivity contribution in [2.75, 3.05) is 5.75 Å². The molecule has 1 heterocycles. The summed E-state index contributed by atoms with van der Waals surface area (Å²) in [4.78, 5) is 11.1.